The SMILES string of the molecule is CCNC1=CC(c2ccccc2)=CC(C(=O)NCc2c(C)cc(C)[nH]c2=O)C1(C)CN1CCOCC1. The van der Waals surface area contributed by atoms with Gasteiger partial charge in [0.1, 0.15) is 0 Å². The molecule has 2 aromatic rings. The van der Waals surface area contributed by atoms with Crippen molar-refractivity contribution in [1.82, 2.24) is 20.5 Å². The zero-order valence-corrected chi connectivity index (χ0v) is 21.8. The average Bonchev–Trinajstić information content (AvgIpc) is 2.85. The molecular formula is C29H38N4O3. The van der Waals surface area contributed by atoms with Gasteiger partial charge in [-0.25, -0.2) is 0 Å². The number of carbonyl (C=O) groups is 1. The van der Waals surface area contributed by atoms with Gasteiger partial charge in [-0.3, -0.25) is 14.5 Å². The summed E-state index contributed by atoms with van der Waals surface area (Å²) < 4.78 is 5.57. The minimum absolute atomic E-state index is 0.0814. The summed E-state index contributed by atoms with van der Waals surface area (Å²) in [4.78, 5) is 31.7. The van der Waals surface area contributed by atoms with E-state index in [1.165, 1.54) is 0 Å². The molecule has 0 bridgehead atoms. The van der Waals surface area contributed by atoms with Gasteiger partial charge in [-0.2, -0.15) is 0 Å². The number of hydrogen-bond acceptors (Lipinski definition) is 5. The number of nitrogens with one attached hydrogen (secondary N) is 3. The van der Waals surface area contributed by atoms with Crippen LogP contribution in [0.15, 0.2) is 59.0 Å². The van der Waals surface area contributed by atoms with E-state index in [4.69, 9.17) is 4.74 Å². The Labute approximate surface area is 213 Å². The van der Waals surface area contributed by atoms with Crippen LogP contribution in [0.5, 0.6) is 0 Å². The van der Waals surface area contributed by atoms with Gasteiger partial charge < -0.3 is 20.4 Å². The Kier molecular flexibility index (Phi) is 8.11. The lowest BCUT2D eigenvalue weighted by atomic mass is 9.68. The maximum absolute atomic E-state index is 13.9. The van der Waals surface area contributed by atoms with Crippen LogP contribution in [0.3, 0.4) is 0 Å². The quantitative estimate of drug-likeness (QED) is 0.529. The van der Waals surface area contributed by atoms with Crippen LogP contribution in [-0.2, 0) is 16.1 Å². The van der Waals surface area contributed by atoms with Crippen LogP contribution < -0.4 is 16.2 Å². The molecule has 2 aliphatic rings. The molecule has 7 heteroatoms. The Balaban J connectivity index is 1.68. The molecule has 1 aliphatic heterocycles. The monoisotopic (exact) mass is 490 g/mol. The third-order valence-corrected chi connectivity index (χ3v) is 7.29. The van der Waals surface area contributed by atoms with E-state index in [1.807, 2.05) is 38.1 Å². The standard InChI is InChI=1S/C29H38N4O3/c1-5-30-26-17-23(22-9-7-6-8-10-22)16-25(29(26,4)19-33-11-13-36-14-12-33)28(35)31-18-24-20(2)15-21(3)32-27(24)34/h6-10,15-17,25,30H,5,11-14,18-19H2,1-4H3,(H,31,35)(H,32,34). The van der Waals surface area contributed by atoms with Crippen molar-refractivity contribution in [2.75, 3.05) is 39.4 Å². The molecule has 0 radical (unpaired) electrons. The van der Waals surface area contributed by atoms with Crippen molar-refractivity contribution < 1.29 is 9.53 Å². The highest BCUT2D eigenvalue weighted by atomic mass is 16.5. The van der Waals surface area contributed by atoms with Gasteiger partial charge in [0.05, 0.1) is 19.1 Å². The van der Waals surface area contributed by atoms with Crippen molar-refractivity contribution in [2.45, 2.75) is 34.2 Å². The Hall–Kier alpha value is -3.16. The van der Waals surface area contributed by atoms with Crippen molar-refractivity contribution in [3.05, 3.63) is 87.0 Å². The van der Waals surface area contributed by atoms with E-state index < -0.39 is 11.3 Å². The molecule has 1 aromatic heterocycles. The normalized spacial score (nSPS) is 22.5. The Morgan fingerprint density at radius 2 is 1.92 bits per heavy atom. The van der Waals surface area contributed by atoms with Crippen LogP contribution >= 0.6 is 0 Å². The average molecular weight is 491 g/mol. The molecule has 1 saturated heterocycles. The summed E-state index contributed by atoms with van der Waals surface area (Å²) in [6.45, 7) is 12.8. The number of amides is 1. The number of ether oxygens (including phenoxy) is 1. The lowest BCUT2D eigenvalue weighted by molar-refractivity contribution is -0.127. The van der Waals surface area contributed by atoms with Gasteiger partial charge in [0.15, 0.2) is 0 Å². The number of aromatic amines is 1. The van der Waals surface area contributed by atoms with E-state index in [0.29, 0.717) is 18.8 Å². The van der Waals surface area contributed by atoms with Crippen molar-refractivity contribution >= 4 is 11.5 Å². The van der Waals surface area contributed by atoms with Crippen LogP contribution in [0, 0.1) is 25.2 Å². The first-order valence-corrected chi connectivity index (χ1v) is 12.8. The summed E-state index contributed by atoms with van der Waals surface area (Å²) >= 11 is 0. The molecule has 192 valence electrons. The molecule has 2 heterocycles. The Bertz CT molecular complexity index is 1190. The third kappa shape index (κ3) is 5.63. The second-order valence-corrected chi connectivity index (χ2v) is 10.0. The lowest BCUT2D eigenvalue weighted by Gasteiger charge is -2.44. The smallest absolute Gasteiger partial charge is 0.253 e. The van der Waals surface area contributed by atoms with Gasteiger partial charge in [0, 0.05) is 55.1 Å². The topological polar surface area (TPSA) is 86.5 Å². The zero-order valence-electron chi connectivity index (χ0n) is 21.8. The number of aromatic nitrogens is 1. The molecule has 1 fully saturated rings. The van der Waals surface area contributed by atoms with Crippen LogP contribution in [0.2, 0.25) is 0 Å². The number of aryl methyl sites for hydroxylation is 2. The summed E-state index contributed by atoms with van der Waals surface area (Å²) in [5.41, 5.74) is 4.82. The second-order valence-electron chi connectivity index (χ2n) is 10.0. The number of morpholine rings is 1. The van der Waals surface area contributed by atoms with Crippen molar-refractivity contribution in [3.8, 4) is 0 Å². The van der Waals surface area contributed by atoms with E-state index in [2.05, 4.69) is 58.6 Å². The highest BCUT2D eigenvalue weighted by Crippen LogP contribution is 2.43. The van der Waals surface area contributed by atoms with Crippen molar-refractivity contribution in [1.29, 1.82) is 0 Å². The maximum atomic E-state index is 13.9. The van der Waals surface area contributed by atoms with Gasteiger partial charge in [-0.15, -0.1) is 0 Å². The fourth-order valence-electron chi connectivity index (χ4n) is 5.31. The molecule has 4 rings (SSSR count). The van der Waals surface area contributed by atoms with E-state index in [-0.39, 0.29) is 18.0 Å². The molecule has 2 atom stereocenters. The molecule has 1 amide bonds. The number of allylic oxidation sites excluding steroid dienone is 2. The second kappa shape index (κ2) is 11.3. The first kappa shape index (κ1) is 25.9. The van der Waals surface area contributed by atoms with Gasteiger partial charge in [0.25, 0.3) is 5.56 Å². The minimum Gasteiger partial charge on any atom is -0.388 e. The highest BCUT2D eigenvalue weighted by Gasteiger charge is 2.44. The van der Waals surface area contributed by atoms with E-state index in [9.17, 15) is 9.59 Å². The fourth-order valence-corrected chi connectivity index (χ4v) is 5.31. The first-order valence-electron chi connectivity index (χ1n) is 12.8. The summed E-state index contributed by atoms with van der Waals surface area (Å²) in [6, 6.07) is 12.1. The van der Waals surface area contributed by atoms with Crippen LogP contribution in [0.4, 0.5) is 0 Å². The molecule has 3 N–H and O–H groups in total. The van der Waals surface area contributed by atoms with Crippen molar-refractivity contribution in [2.24, 2.45) is 11.3 Å². The number of nitrogens with zero attached hydrogens (tertiary/aromatic N) is 1. The van der Waals surface area contributed by atoms with Crippen LogP contribution in [0.1, 0.15) is 36.2 Å². The van der Waals surface area contributed by atoms with Gasteiger partial charge >= 0.3 is 0 Å². The van der Waals surface area contributed by atoms with Crippen molar-refractivity contribution in [3.63, 3.8) is 0 Å². The summed E-state index contributed by atoms with van der Waals surface area (Å²) in [5.74, 6) is -0.499. The number of benzene rings is 1. The molecule has 0 spiro atoms. The number of hydrogen-bond donors (Lipinski definition) is 3. The molecular weight excluding hydrogens is 452 g/mol. The third-order valence-electron chi connectivity index (χ3n) is 7.29. The molecule has 36 heavy (non-hydrogen) atoms. The van der Waals surface area contributed by atoms with Crippen LogP contribution in [-0.4, -0.2) is 55.2 Å². The zero-order chi connectivity index (χ0) is 25.7. The summed E-state index contributed by atoms with van der Waals surface area (Å²) in [6.07, 6.45) is 4.29. The minimum atomic E-state index is -0.468. The molecule has 7 nitrogen and oxygen atoms in total. The Morgan fingerprint density at radius 1 is 1.19 bits per heavy atom. The van der Waals surface area contributed by atoms with Gasteiger partial charge in [0.2, 0.25) is 5.91 Å². The molecule has 2 unspecified atom stereocenters. The number of rotatable bonds is 8. The van der Waals surface area contributed by atoms with E-state index >= 15 is 0 Å². The summed E-state index contributed by atoms with van der Waals surface area (Å²) in [7, 11) is 0. The number of H-pyrrole nitrogens is 1. The highest BCUT2D eigenvalue weighted by molar-refractivity contribution is 5.88. The van der Waals surface area contributed by atoms with E-state index in [0.717, 1.165) is 54.3 Å². The maximum Gasteiger partial charge on any atom is 0.253 e. The van der Waals surface area contributed by atoms with Crippen LogP contribution in [0.25, 0.3) is 5.57 Å². The first-order chi connectivity index (χ1) is 17.3. The molecule has 1 aliphatic carbocycles. The lowest BCUT2D eigenvalue weighted by Crippen LogP contribution is -2.52. The van der Waals surface area contributed by atoms with Gasteiger partial charge in [-0.1, -0.05) is 43.3 Å². The van der Waals surface area contributed by atoms with Gasteiger partial charge in [-0.05, 0) is 49.6 Å². The predicted molar refractivity (Wildman–Crippen MR) is 143 cm³/mol. The largest absolute Gasteiger partial charge is 0.388 e. The number of carbonyl (C=O) groups excluding carboxylic acids is 1. The fraction of sp³-hybridized carbons (Fsp3) is 0.448. The molecule has 1 aromatic carbocycles. The molecule has 0 saturated carbocycles. The van der Waals surface area contributed by atoms with E-state index in [1.54, 1.807) is 0 Å². The predicted octanol–water partition coefficient (Wildman–Crippen LogP) is 3.15. The summed E-state index contributed by atoms with van der Waals surface area (Å²) in [5, 5.41) is 6.67. The number of pyridine rings is 1. The Morgan fingerprint density at radius 3 is 2.58 bits per heavy atom.